The van der Waals surface area contributed by atoms with Crippen molar-refractivity contribution in [2.24, 2.45) is 5.92 Å². The second-order valence-corrected chi connectivity index (χ2v) is 8.64. The molecule has 0 radical (unpaired) electrons. The van der Waals surface area contributed by atoms with Crippen molar-refractivity contribution in [2.45, 2.75) is 89.1 Å². The van der Waals surface area contributed by atoms with Crippen LogP contribution in [0.15, 0.2) is 12.2 Å². The van der Waals surface area contributed by atoms with E-state index in [9.17, 15) is 9.90 Å². The highest BCUT2D eigenvalue weighted by Crippen LogP contribution is 2.48. The highest BCUT2D eigenvalue weighted by molar-refractivity contribution is 5.68. The third-order valence-corrected chi connectivity index (χ3v) is 4.97. The van der Waals surface area contributed by atoms with Crippen LogP contribution in [0.1, 0.15) is 53.9 Å². The average Bonchev–Trinajstić information content (AvgIpc) is 3.03. The maximum atomic E-state index is 12.2. The summed E-state index contributed by atoms with van der Waals surface area (Å²) < 4.78 is 17.5. The van der Waals surface area contributed by atoms with E-state index in [2.05, 4.69) is 5.32 Å². The van der Waals surface area contributed by atoms with Gasteiger partial charge in [0.25, 0.3) is 0 Å². The van der Waals surface area contributed by atoms with E-state index in [4.69, 9.17) is 14.2 Å². The summed E-state index contributed by atoms with van der Waals surface area (Å²) in [5.41, 5.74) is -1.38. The van der Waals surface area contributed by atoms with Crippen molar-refractivity contribution in [3.05, 3.63) is 12.2 Å². The molecule has 136 valence electrons. The van der Waals surface area contributed by atoms with Gasteiger partial charge in [-0.25, -0.2) is 4.79 Å². The zero-order valence-corrected chi connectivity index (χ0v) is 15.2. The van der Waals surface area contributed by atoms with Gasteiger partial charge in [-0.15, -0.1) is 0 Å². The van der Waals surface area contributed by atoms with Gasteiger partial charge in [-0.2, -0.15) is 0 Å². The summed E-state index contributed by atoms with van der Waals surface area (Å²) in [6.07, 6.45) is 4.88. The number of aliphatic hydroxyl groups is 1. The first-order chi connectivity index (χ1) is 11.0. The minimum absolute atomic E-state index is 0.0841. The Labute approximate surface area is 143 Å². The highest BCUT2D eigenvalue weighted by Gasteiger charge is 2.59. The number of alkyl carbamates (subject to hydrolysis) is 1. The van der Waals surface area contributed by atoms with Crippen LogP contribution in [0.4, 0.5) is 4.79 Å². The standard InChI is InChI=1S/C18H29NO5/c1-16(2,3)24-15(20)19-12-10-11(18(21)8-6-7-9-18)13-14(12)23-17(4,5)22-13/h6-7,11-14,21H,8-10H2,1-5H3,(H,19,20)/t11-,12?,13+,14-/m0/s1. The first-order valence-corrected chi connectivity index (χ1v) is 8.72. The first kappa shape index (κ1) is 17.7. The van der Waals surface area contributed by atoms with Crippen LogP contribution in [0.25, 0.3) is 0 Å². The van der Waals surface area contributed by atoms with Crippen molar-refractivity contribution >= 4 is 6.09 Å². The molecule has 2 fully saturated rings. The van der Waals surface area contributed by atoms with E-state index < -0.39 is 23.1 Å². The van der Waals surface area contributed by atoms with E-state index in [1.54, 1.807) is 0 Å². The lowest BCUT2D eigenvalue weighted by Gasteiger charge is -2.33. The second kappa shape index (κ2) is 5.71. The number of hydrogen-bond donors (Lipinski definition) is 2. The minimum Gasteiger partial charge on any atom is -0.444 e. The number of carbonyl (C=O) groups is 1. The Morgan fingerprint density at radius 2 is 1.79 bits per heavy atom. The Hall–Kier alpha value is -1.11. The lowest BCUT2D eigenvalue weighted by molar-refractivity contribution is -0.170. The summed E-state index contributed by atoms with van der Waals surface area (Å²) in [5.74, 6) is -0.802. The fourth-order valence-electron chi connectivity index (χ4n) is 4.07. The van der Waals surface area contributed by atoms with E-state index >= 15 is 0 Å². The van der Waals surface area contributed by atoms with Gasteiger partial charge in [0.2, 0.25) is 0 Å². The molecule has 2 aliphatic carbocycles. The Morgan fingerprint density at radius 1 is 1.21 bits per heavy atom. The Morgan fingerprint density at radius 3 is 2.38 bits per heavy atom. The predicted molar refractivity (Wildman–Crippen MR) is 88.4 cm³/mol. The highest BCUT2D eigenvalue weighted by atomic mass is 16.8. The van der Waals surface area contributed by atoms with Crippen molar-refractivity contribution < 1.29 is 24.1 Å². The lowest BCUT2D eigenvalue weighted by Crippen LogP contribution is -2.45. The summed E-state index contributed by atoms with van der Waals surface area (Å²) in [4.78, 5) is 12.2. The van der Waals surface area contributed by atoms with Crippen molar-refractivity contribution in [1.82, 2.24) is 5.32 Å². The van der Waals surface area contributed by atoms with Gasteiger partial charge in [0.1, 0.15) is 11.7 Å². The SMILES string of the molecule is CC(C)(C)OC(=O)NC1C[C@H](C2(O)CC=CC2)[C@H]2OC(C)(C)O[C@@H]12. The molecule has 0 aromatic carbocycles. The molecular formula is C18H29NO5. The molecule has 1 aliphatic heterocycles. The monoisotopic (exact) mass is 339 g/mol. The molecule has 1 saturated heterocycles. The molecule has 6 nitrogen and oxygen atoms in total. The molecule has 3 aliphatic rings. The van der Waals surface area contributed by atoms with Crippen LogP contribution in [-0.4, -0.2) is 46.4 Å². The Bertz CT molecular complexity index is 528. The lowest BCUT2D eigenvalue weighted by atomic mass is 9.82. The molecule has 0 aromatic rings. The fraction of sp³-hybridized carbons (Fsp3) is 0.833. The van der Waals surface area contributed by atoms with Crippen LogP contribution in [0.2, 0.25) is 0 Å². The largest absolute Gasteiger partial charge is 0.444 e. The van der Waals surface area contributed by atoms with Crippen molar-refractivity contribution in [2.75, 3.05) is 0 Å². The van der Waals surface area contributed by atoms with Crippen LogP contribution in [0.3, 0.4) is 0 Å². The summed E-state index contributed by atoms with van der Waals surface area (Å²) in [7, 11) is 0. The predicted octanol–water partition coefficient (Wildman–Crippen LogP) is 2.50. The number of hydrogen-bond acceptors (Lipinski definition) is 5. The van der Waals surface area contributed by atoms with Crippen LogP contribution in [0.5, 0.6) is 0 Å². The molecule has 1 heterocycles. The van der Waals surface area contributed by atoms with Gasteiger partial charge in [0.05, 0.1) is 17.7 Å². The van der Waals surface area contributed by atoms with E-state index in [0.717, 1.165) is 0 Å². The molecule has 0 aromatic heterocycles. The molecule has 24 heavy (non-hydrogen) atoms. The van der Waals surface area contributed by atoms with Crippen molar-refractivity contribution in [1.29, 1.82) is 0 Å². The molecule has 1 amide bonds. The molecular weight excluding hydrogens is 310 g/mol. The van der Waals surface area contributed by atoms with Gasteiger partial charge in [-0.3, -0.25) is 0 Å². The summed E-state index contributed by atoms with van der Waals surface area (Å²) >= 11 is 0. The molecule has 6 heteroatoms. The zero-order valence-electron chi connectivity index (χ0n) is 15.2. The summed E-state index contributed by atoms with van der Waals surface area (Å²) in [6.45, 7) is 9.22. The average molecular weight is 339 g/mol. The summed E-state index contributed by atoms with van der Waals surface area (Å²) in [5, 5.41) is 13.9. The molecule has 1 unspecified atom stereocenters. The van der Waals surface area contributed by atoms with Crippen LogP contribution in [0, 0.1) is 5.92 Å². The van der Waals surface area contributed by atoms with Crippen molar-refractivity contribution in [3.63, 3.8) is 0 Å². The van der Waals surface area contributed by atoms with Gasteiger partial charge >= 0.3 is 6.09 Å². The van der Waals surface area contributed by atoms with Gasteiger partial charge in [0, 0.05) is 5.92 Å². The third kappa shape index (κ3) is 3.46. The fourth-order valence-corrected chi connectivity index (χ4v) is 4.07. The molecule has 2 N–H and O–H groups in total. The number of ether oxygens (including phenoxy) is 3. The first-order valence-electron chi connectivity index (χ1n) is 8.72. The van der Waals surface area contributed by atoms with Gasteiger partial charge in [0.15, 0.2) is 5.79 Å². The van der Waals surface area contributed by atoms with Gasteiger partial charge < -0.3 is 24.6 Å². The molecule has 3 rings (SSSR count). The van der Waals surface area contributed by atoms with Crippen LogP contribution < -0.4 is 5.32 Å². The Kier molecular flexibility index (Phi) is 4.21. The Balaban J connectivity index is 1.75. The normalized spacial score (nSPS) is 36.6. The maximum Gasteiger partial charge on any atom is 0.407 e. The van der Waals surface area contributed by atoms with Crippen LogP contribution >= 0.6 is 0 Å². The number of rotatable bonds is 2. The maximum absolute atomic E-state index is 12.2. The topological polar surface area (TPSA) is 77.0 Å². The van der Waals surface area contributed by atoms with Crippen LogP contribution in [-0.2, 0) is 14.2 Å². The quantitative estimate of drug-likeness (QED) is 0.756. The summed E-state index contributed by atoms with van der Waals surface area (Å²) in [6, 6.07) is -0.235. The van der Waals surface area contributed by atoms with E-state index in [-0.39, 0.29) is 24.2 Å². The number of amides is 1. The molecule has 0 bridgehead atoms. The number of fused-ring (bicyclic) bond motifs is 1. The van der Waals surface area contributed by atoms with E-state index in [1.807, 2.05) is 46.8 Å². The van der Waals surface area contributed by atoms with Crippen molar-refractivity contribution in [3.8, 4) is 0 Å². The number of carbonyl (C=O) groups excluding carboxylic acids is 1. The van der Waals surface area contributed by atoms with E-state index in [0.29, 0.717) is 19.3 Å². The minimum atomic E-state index is -0.822. The van der Waals surface area contributed by atoms with Gasteiger partial charge in [-0.1, -0.05) is 12.2 Å². The molecule has 0 spiro atoms. The zero-order chi connectivity index (χ0) is 17.8. The van der Waals surface area contributed by atoms with E-state index in [1.165, 1.54) is 0 Å². The smallest absolute Gasteiger partial charge is 0.407 e. The molecule has 1 saturated carbocycles. The van der Waals surface area contributed by atoms with Gasteiger partial charge in [-0.05, 0) is 53.9 Å². The molecule has 4 atom stereocenters. The number of nitrogens with one attached hydrogen (secondary N) is 1. The third-order valence-electron chi connectivity index (χ3n) is 4.97. The second-order valence-electron chi connectivity index (χ2n) is 8.64.